The maximum Gasteiger partial charge on any atom is 0.248 e. The van der Waals surface area contributed by atoms with Gasteiger partial charge < -0.3 is 10.2 Å². The third-order valence-electron chi connectivity index (χ3n) is 6.28. The molecule has 1 aliphatic carbocycles. The highest BCUT2D eigenvalue weighted by Crippen LogP contribution is 2.30. The molecule has 2 fully saturated rings. The molecule has 11 heteroatoms. The van der Waals surface area contributed by atoms with Gasteiger partial charge in [-0.15, -0.1) is 11.3 Å². The van der Waals surface area contributed by atoms with Crippen molar-refractivity contribution < 1.29 is 22.4 Å². The Bertz CT molecular complexity index is 1090. The molecule has 2 heterocycles. The SMILES string of the molecule is O=C(Nc1nccs1)C(CC1CCCCC1)N1CCN(S(=O)(=O)c2cccc(F)c2)CC1=O. The van der Waals surface area contributed by atoms with Crippen molar-refractivity contribution in [2.45, 2.75) is 49.5 Å². The van der Waals surface area contributed by atoms with Crippen LogP contribution in [0.15, 0.2) is 40.7 Å². The average Bonchev–Trinajstić information content (AvgIpc) is 3.31. The van der Waals surface area contributed by atoms with Crippen molar-refractivity contribution in [3.8, 4) is 0 Å². The summed E-state index contributed by atoms with van der Waals surface area (Å²) in [7, 11) is -4.02. The Labute approximate surface area is 196 Å². The van der Waals surface area contributed by atoms with Crippen molar-refractivity contribution in [1.29, 1.82) is 0 Å². The van der Waals surface area contributed by atoms with E-state index < -0.39 is 27.8 Å². The zero-order chi connectivity index (χ0) is 23.4. The number of hydrogen-bond donors (Lipinski definition) is 1. The molecule has 1 aromatic heterocycles. The summed E-state index contributed by atoms with van der Waals surface area (Å²) in [6, 6.07) is 4.05. The van der Waals surface area contributed by atoms with Gasteiger partial charge in [0.15, 0.2) is 5.13 Å². The molecular formula is C22H27FN4O4S2. The number of carbonyl (C=O) groups excluding carboxylic acids is 2. The van der Waals surface area contributed by atoms with Crippen LogP contribution in [0.4, 0.5) is 9.52 Å². The van der Waals surface area contributed by atoms with Crippen molar-refractivity contribution in [3.05, 3.63) is 41.7 Å². The third-order valence-corrected chi connectivity index (χ3v) is 8.81. The summed E-state index contributed by atoms with van der Waals surface area (Å²) in [5, 5.41) is 5.03. The van der Waals surface area contributed by atoms with Crippen molar-refractivity contribution in [1.82, 2.24) is 14.2 Å². The molecule has 1 aromatic carbocycles. The van der Waals surface area contributed by atoms with E-state index in [0.717, 1.165) is 36.1 Å². The number of piperazine rings is 1. The summed E-state index contributed by atoms with van der Waals surface area (Å²) in [6.45, 7) is -0.253. The van der Waals surface area contributed by atoms with Gasteiger partial charge >= 0.3 is 0 Å². The molecule has 1 aliphatic heterocycles. The van der Waals surface area contributed by atoms with Crippen molar-refractivity contribution in [2.24, 2.45) is 5.92 Å². The fourth-order valence-electron chi connectivity index (χ4n) is 4.56. The molecule has 4 rings (SSSR count). The summed E-state index contributed by atoms with van der Waals surface area (Å²) < 4.78 is 40.5. The predicted octanol–water partition coefficient (Wildman–Crippen LogP) is 3.09. The van der Waals surface area contributed by atoms with E-state index in [0.29, 0.717) is 17.5 Å². The first kappa shape index (κ1) is 23.8. The predicted molar refractivity (Wildman–Crippen MR) is 123 cm³/mol. The monoisotopic (exact) mass is 494 g/mol. The number of aromatic nitrogens is 1. The second kappa shape index (κ2) is 10.3. The van der Waals surface area contributed by atoms with Gasteiger partial charge in [0.05, 0.1) is 11.4 Å². The van der Waals surface area contributed by atoms with Gasteiger partial charge in [-0.05, 0) is 30.5 Å². The van der Waals surface area contributed by atoms with Crippen LogP contribution < -0.4 is 5.32 Å². The lowest BCUT2D eigenvalue weighted by Gasteiger charge is -2.39. The lowest BCUT2D eigenvalue weighted by atomic mass is 9.84. The molecular weight excluding hydrogens is 467 g/mol. The Balaban J connectivity index is 1.50. The number of halogens is 1. The normalized spacial score (nSPS) is 19.4. The Morgan fingerprint density at radius 3 is 2.70 bits per heavy atom. The van der Waals surface area contributed by atoms with Gasteiger partial charge in [0.2, 0.25) is 21.8 Å². The van der Waals surface area contributed by atoms with Crippen molar-refractivity contribution in [2.75, 3.05) is 25.0 Å². The van der Waals surface area contributed by atoms with Crippen LogP contribution >= 0.6 is 11.3 Å². The second-order valence-corrected chi connectivity index (χ2v) is 11.3. The highest BCUT2D eigenvalue weighted by Gasteiger charge is 2.39. The van der Waals surface area contributed by atoms with E-state index in [1.807, 2.05) is 0 Å². The summed E-state index contributed by atoms with van der Waals surface area (Å²) in [6.07, 6.45) is 7.57. The molecule has 2 aromatic rings. The van der Waals surface area contributed by atoms with Crippen molar-refractivity contribution >= 4 is 38.3 Å². The molecule has 0 spiro atoms. The number of rotatable bonds is 7. The zero-order valence-corrected chi connectivity index (χ0v) is 19.8. The van der Waals surface area contributed by atoms with Gasteiger partial charge in [-0.2, -0.15) is 4.31 Å². The zero-order valence-electron chi connectivity index (χ0n) is 18.2. The Kier molecular flexibility index (Phi) is 7.40. The Hall–Kier alpha value is -2.37. The van der Waals surface area contributed by atoms with Crippen LogP contribution in [-0.2, 0) is 19.6 Å². The number of benzene rings is 1. The maximum atomic E-state index is 13.6. The number of nitrogens with zero attached hydrogens (tertiary/aromatic N) is 3. The second-order valence-electron chi connectivity index (χ2n) is 8.47. The molecule has 0 radical (unpaired) electrons. The molecule has 1 N–H and O–H groups in total. The number of amides is 2. The minimum atomic E-state index is -4.02. The fraction of sp³-hybridized carbons (Fsp3) is 0.500. The lowest BCUT2D eigenvalue weighted by molar-refractivity contribution is -0.142. The van der Waals surface area contributed by atoms with Crippen LogP contribution in [0.3, 0.4) is 0 Å². The van der Waals surface area contributed by atoms with E-state index in [4.69, 9.17) is 0 Å². The van der Waals surface area contributed by atoms with Gasteiger partial charge in [0.25, 0.3) is 0 Å². The number of carbonyl (C=O) groups is 2. The molecule has 1 atom stereocenters. The summed E-state index contributed by atoms with van der Waals surface area (Å²) in [5.41, 5.74) is 0. The van der Waals surface area contributed by atoms with Crippen LogP contribution in [0.2, 0.25) is 0 Å². The third kappa shape index (κ3) is 5.59. The minimum Gasteiger partial charge on any atom is -0.328 e. The maximum absolute atomic E-state index is 13.6. The molecule has 1 saturated heterocycles. The lowest BCUT2D eigenvalue weighted by Crippen LogP contribution is -2.58. The molecule has 1 saturated carbocycles. The highest BCUT2D eigenvalue weighted by molar-refractivity contribution is 7.89. The quantitative estimate of drug-likeness (QED) is 0.638. The number of anilines is 1. The number of nitrogens with one attached hydrogen (secondary N) is 1. The van der Waals surface area contributed by atoms with E-state index in [-0.39, 0.29) is 30.4 Å². The van der Waals surface area contributed by atoms with Crippen LogP contribution in [-0.4, -0.2) is 60.1 Å². The van der Waals surface area contributed by atoms with Gasteiger partial charge in [-0.3, -0.25) is 9.59 Å². The van der Waals surface area contributed by atoms with E-state index in [1.165, 1.54) is 40.9 Å². The van der Waals surface area contributed by atoms with E-state index in [2.05, 4.69) is 10.3 Å². The standard InChI is InChI=1S/C22H27FN4O4S2/c23-17-7-4-8-18(14-17)33(30,31)26-10-11-27(20(28)15-26)19(13-16-5-2-1-3-6-16)21(29)25-22-24-9-12-32-22/h4,7-9,12,14,16,19H,1-3,5-6,10-11,13,15H2,(H,24,25,29). The minimum absolute atomic E-state index is 0.0380. The van der Waals surface area contributed by atoms with Crippen LogP contribution in [0.1, 0.15) is 38.5 Å². The summed E-state index contributed by atoms with van der Waals surface area (Å²) in [5.74, 6) is -1.05. The van der Waals surface area contributed by atoms with Crippen LogP contribution in [0, 0.1) is 11.7 Å². The van der Waals surface area contributed by atoms with Crippen LogP contribution in [0.25, 0.3) is 0 Å². The molecule has 1 unspecified atom stereocenters. The van der Waals surface area contributed by atoms with Gasteiger partial charge in [0, 0.05) is 24.7 Å². The average molecular weight is 495 g/mol. The highest BCUT2D eigenvalue weighted by atomic mass is 32.2. The first-order valence-corrected chi connectivity index (χ1v) is 13.4. The fourth-order valence-corrected chi connectivity index (χ4v) is 6.51. The molecule has 2 amide bonds. The van der Waals surface area contributed by atoms with E-state index >= 15 is 0 Å². The van der Waals surface area contributed by atoms with E-state index in [9.17, 15) is 22.4 Å². The molecule has 2 aliphatic rings. The van der Waals surface area contributed by atoms with Gasteiger partial charge in [-0.25, -0.2) is 17.8 Å². The molecule has 8 nitrogen and oxygen atoms in total. The first-order valence-electron chi connectivity index (χ1n) is 11.1. The Morgan fingerprint density at radius 2 is 2.03 bits per heavy atom. The summed E-state index contributed by atoms with van der Waals surface area (Å²) in [4.78, 5) is 31.7. The van der Waals surface area contributed by atoms with Crippen molar-refractivity contribution in [3.63, 3.8) is 0 Å². The largest absolute Gasteiger partial charge is 0.328 e. The number of thiazole rings is 1. The Morgan fingerprint density at radius 1 is 1.24 bits per heavy atom. The molecule has 0 bridgehead atoms. The first-order chi connectivity index (χ1) is 15.8. The number of hydrogen-bond acceptors (Lipinski definition) is 6. The number of sulfonamides is 1. The molecule has 178 valence electrons. The van der Waals surface area contributed by atoms with Crippen LogP contribution in [0.5, 0.6) is 0 Å². The van der Waals surface area contributed by atoms with E-state index in [1.54, 1.807) is 11.6 Å². The topological polar surface area (TPSA) is 99.7 Å². The van der Waals surface area contributed by atoms with Gasteiger partial charge in [0.1, 0.15) is 11.9 Å². The van der Waals surface area contributed by atoms with Gasteiger partial charge in [-0.1, -0.05) is 38.2 Å². The molecule has 33 heavy (non-hydrogen) atoms. The summed E-state index contributed by atoms with van der Waals surface area (Å²) >= 11 is 1.30. The smallest absolute Gasteiger partial charge is 0.248 e.